The molecule has 1 amide bonds. The van der Waals surface area contributed by atoms with Crippen LogP contribution in [0.4, 0.5) is 18.9 Å². The highest BCUT2D eigenvalue weighted by Crippen LogP contribution is 2.31. The Kier molecular flexibility index (Phi) is 4.80. The molecule has 0 aromatic heterocycles. The molecule has 1 N–H and O–H groups in total. The Morgan fingerprint density at radius 3 is 2.50 bits per heavy atom. The summed E-state index contributed by atoms with van der Waals surface area (Å²) in [6.45, 7) is 0.265. The molecule has 0 spiro atoms. The number of benzene rings is 1. The number of hydrogen-bond donors (Lipinski definition) is 1. The Labute approximate surface area is 128 Å². The molecule has 1 fully saturated rings. The van der Waals surface area contributed by atoms with Crippen molar-refractivity contribution in [2.45, 2.75) is 37.9 Å². The van der Waals surface area contributed by atoms with Gasteiger partial charge in [0, 0.05) is 5.69 Å². The van der Waals surface area contributed by atoms with E-state index in [0.717, 1.165) is 25.0 Å². The van der Waals surface area contributed by atoms with Crippen molar-refractivity contribution in [1.29, 1.82) is 0 Å². The lowest BCUT2D eigenvalue weighted by atomic mass is 10.1. The summed E-state index contributed by atoms with van der Waals surface area (Å²) in [6, 6.07) is 5.19. The van der Waals surface area contributed by atoms with Crippen molar-refractivity contribution < 1.29 is 22.4 Å². The van der Waals surface area contributed by atoms with Crippen LogP contribution in [0.25, 0.3) is 0 Å². The van der Waals surface area contributed by atoms with E-state index in [-0.39, 0.29) is 18.1 Å². The molecule has 0 atom stereocenters. The summed E-state index contributed by atoms with van der Waals surface area (Å²) in [7, 11) is 4.00. The molecule has 0 saturated heterocycles. The maximum atomic E-state index is 12.7. The number of rotatable bonds is 4. The monoisotopic (exact) mass is 315 g/mol. The predicted octanol–water partition coefficient (Wildman–Crippen LogP) is 3.66. The summed E-state index contributed by atoms with van der Waals surface area (Å²) in [5, 5.41) is 2.58. The maximum absolute atomic E-state index is 12.7. The first-order valence-corrected chi connectivity index (χ1v) is 7.48. The minimum Gasteiger partial charge on any atom is -0.321 e. The molecule has 0 radical (unpaired) electrons. The van der Waals surface area contributed by atoms with Crippen molar-refractivity contribution in [2.75, 3.05) is 26.0 Å². The van der Waals surface area contributed by atoms with E-state index in [1.165, 1.54) is 25.0 Å². The first kappa shape index (κ1) is 16.8. The average molecular weight is 315 g/mol. The molecule has 122 valence electrons. The fraction of sp³-hybridized carbons (Fsp3) is 0.562. The van der Waals surface area contributed by atoms with E-state index in [1.54, 1.807) is 0 Å². The van der Waals surface area contributed by atoms with E-state index in [2.05, 4.69) is 5.32 Å². The first-order chi connectivity index (χ1) is 10.2. The summed E-state index contributed by atoms with van der Waals surface area (Å²) in [6.07, 6.45) is 0.163. The van der Waals surface area contributed by atoms with Gasteiger partial charge in [0.25, 0.3) is 5.91 Å². The number of halogens is 3. The van der Waals surface area contributed by atoms with Crippen molar-refractivity contribution >= 4 is 11.6 Å². The van der Waals surface area contributed by atoms with E-state index < -0.39 is 11.7 Å². The fourth-order valence-electron chi connectivity index (χ4n) is 3.08. The topological polar surface area (TPSA) is 29.1 Å². The summed E-state index contributed by atoms with van der Waals surface area (Å²) < 4.78 is 38.6. The minimum atomic E-state index is -4.40. The van der Waals surface area contributed by atoms with Gasteiger partial charge >= 0.3 is 6.18 Å². The van der Waals surface area contributed by atoms with E-state index in [0.29, 0.717) is 10.5 Å². The maximum Gasteiger partial charge on any atom is 0.416 e. The molecule has 6 heteroatoms. The molecule has 0 bridgehead atoms. The Bertz CT molecular complexity index is 534. The minimum absolute atomic E-state index is 0.186. The van der Waals surface area contributed by atoms with Gasteiger partial charge in [-0.2, -0.15) is 13.2 Å². The number of likely N-dealkylation sites (N-methyl/N-ethyl adjacent to an activating group) is 1. The van der Waals surface area contributed by atoms with Gasteiger partial charge in [0.1, 0.15) is 0 Å². The lowest BCUT2D eigenvalue weighted by molar-refractivity contribution is -0.906. The van der Waals surface area contributed by atoms with Gasteiger partial charge in [-0.1, -0.05) is 6.07 Å². The first-order valence-electron chi connectivity index (χ1n) is 7.48. The molecule has 0 aliphatic heterocycles. The van der Waals surface area contributed by atoms with Gasteiger partial charge in [-0.3, -0.25) is 4.79 Å². The van der Waals surface area contributed by atoms with Crippen molar-refractivity contribution in [3.8, 4) is 0 Å². The van der Waals surface area contributed by atoms with Crippen molar-refractivity contribution in [1.82, 2.24) is 0 Å². The second kappa shape index (κ2) is 6.28. The van der Waals surface area contributed by atoms with Crippen molar-refractivity contribution in [3.63, 3.8) is 0 Å². The molecule has 1 aliphatic carbocycles. The Balaban J connectivity index is 2.00. The predicted molar refractivity (Wildman–Crippen MR) is 79.3 cm³/mol. The third-order valence-electron chi connectivity index (χ3n) is 4.34. The molecule has 1 aromatic carbocycles. The van der Waals surface area contributed by atoms with Gasteiger partial charge in [-0.15, -0.1) is 0 Å². The van der Waals surface area contributed by atoms with Crippen LogP contribution in [0.2, 0.25) is 0 Å². The molecule has 2 rings (SSSR count). The highest BCUT2D eigenvalue weighted by molar-refractivity contribution is 5.91. The van der Waals surface area contributed by atoms with E-state index in [4.69, 9.17) is 0 Å². The van der Waals surface area contributed by atoms with Crippen LogP contribution in [0.1, 0.15) is 31.2 Å². The lowest BCUT2D eigenvalue weighted by Gasteiger charge is -2.35. The summed E-state index contributed by atoms with van der Waals surface area (Å²) in [4.78, 5) is 12.1. The standard InChI is InChI=1S/C16H21F3N2O/c1-21(2,14-8-3-4-9-14)11-15(22)20-13-7-5-6-12(10-13)16(17,18)19/h5-7,10,14H,3-4,8-9,11H2,1-2H3/p+1. The largest absolute Gasteiger partial charge is 0.416 e. The highest BCUT2D eigenvalue weighted by Gasteiger charge is 2.33. The van der Waals surface area contributed by atoms with Gasteiger partial charge in [-0.05, 0) is 43.9 Å². The third-order valence-corrected chi connectivity index (χ3v) is 4.34. The second-order valence-corrected chi connectivity index (χ2v) is 6.50. The zero-order valence-electron chi connectivity index (χ0n) is 12.9. The van der Waals surface area contributed by atoms with Crippen LogP contribution in [0.3, 0.4) is 0 Å². The van der Waals surface area contributed by atoms with Gasteiger partial charge in [0.15, 0.2) is 6.54 Å². The van der Waals surface area contributed by atoms with Crippen LogP contribution in [-0.4, -0.2) is 37.1 Å². The zero-order chi connectivity index (χ0) is 16.4. The Hall–Kier alpha value is -1.56. The quantitative estimate of drug-likeness (QED) is 0.844. The van der Waals surface area contributed by atoms with Crippen LogP contribution in [0.5, 0.6) is 0 Å². The fourth-order valence-corrected chi connectivity index (χ4v) is 3.08. The molecule has 0 heterocycles. The number of hydrogen-bond acceptors (Lipinski definition) is 1. The van der Waals surface area contributed by atoms with E-state index in [1.807, 2.05) is 14.1 Å². The molecule has 1 aliphatic rings. The van der Waals surface area contributed by atoms with Gasteiger partial charge in [0.05, 0.1) is 25.7 Å². The number of alkyl halides is 3. The molecular formula is C16H22F3N2O+. The number of nitrogens with zero attached hydrogens (tertiary/aromatic N) is 1. The van der Waals surface area contributed by atoms with Crippen LogP contribution < -0.4 is 5.32 Å². The van der Waals surface area contributed by atoms with Crippen molar-refractivity contribution in [3.05, 3.63) is 29.8 Å². The van der Waals surface area contributed by atoms with Crippen LogP contribution in [0.15, 0.2) is 24.3 Å². The van der Waals surface area contributed by atoms with Gasteiger partial charge in [0.2, 0.25) is 0 Å². The number of anilines is 1. The van der Waals surface area contributed by atoms with Gasteiger partial charge in [-0.25, -0.2) is 0 Å². The number of nitrogens with one attached hydrogen (secondary N) is 1. The number of quaternary nitrogens is 1. The SMILES string of the molecule is C[N+](C)(CC(=O)Nc1cccc(C(F)(F)F)c1)C1CCCC1. The normalized spacial score (nSPS) is 16.8. The highest BCUT2D eigenvalue weighted by atomic mass is 19.4. The van der Waals surface area contributed by atoms with Crippen molar-refractivity contribution in [2.24, 2.45) is 0 Å². The van der Waals surface area contributed by atoms with E-state index in [9.17, 15) is 18.0 Å². The number of carbonyl (C=O) groups is 1. The molecule has 3 nitrogen and oxygen atoms in total. The molecular weight excluding hydrogens is 293 g/mol. The van der Waals surface area contributed by atoms with Crippen LogP contribution in [0, 0.1) is 0 Å². The second-order valence-electron chi connectivity index (χ2n) is 6.50. The number of carbonyl (C=O) groups excluding carboxylic acids is 1. The summed E-state index contributed by atoms with van der Waals surface area (Å²) in [5.74, 6) is -0.253. The van der Waals surface area contributed by atoms with E-state index >= 15 is 0 Å². The molecule has 1 aromatic rings. The van der Waals surface area contributed by atoms with Crippen LogP contribution in [-0.2, 0) is 11.0 Å². The molecule has 0 unspecified atom stereocenters. The zero-order valence-corrected chi connectivity index (χ0v) is 12.9. The Morgan fingerprint density at radius 2 is 1.91 bits per heavy atom. The van der Waals surface area contributed by atoms with Gasteiger partial charge < -0.3 is 9.80 Å². The van der Waals surface area contributed by atoms with Crippen LogP contribution >= 0.6 is 0 Å². The smallest absolute Gasteiger partial charge is 0.321 e. The lowest BCUT2D eigenvalue weighted by Crippen LogP contribution is -2.51. The third kappa shape index (κ3) is 4.22. The average Bonchev–Trinajstić information content (AvgIpc) is 2.91. The summed E-state index contributed by atoms with van der Waals surface area (Å²) >= 11 is 0. The number of amides is 1. The summed E-state index contributed by atoms with van der Waals surface area (Å²) in [5.41, 5.74) is -0.568. The molecule has 22 heavy (non-hydrogen) atoms. The molecule has 1 saturated carbocycles. The Morgan fingerprint density at radius 1 is 1.27 bits per heavy atom.